The summed E-state index contributed by atoms with van der Waals surface area (Å²) in [5, 5.41) is 12.2. The molecule has 0 saturated carbocycles. The van der Waals surface area contributed by atoms with E-state index in [0.717, 1.165) is 4.47 Å². The first-order chi connectivity index (χ1) is 7.91. The molecule has 0 spiro atoms. The maximum atomic E-state index is 11.8. The zero-order valence-electron chi connectivity index (χ0n) is 9.24. The van der Waals surface area contributed by atoms with Crippen molar-refractivity contribution in [3.63, 3.8) is 0 Å². The first-order valence-electron chi connectivity index (χ1n) is 4.98. The normalized spacial score (nSPS) is 11.9. The van der Waals surface area contributed by atoms with Gasteiger partial charge in [0.15, 0.2) is 0 Å². The minimum atomic E-state index is -0.355. The fraction of sp³-hybridized carbons (Fsp3) is 0.273. The highest BCUT2D eigenvalue weighted by atomic mass is 79.9. The SMILES string of the molecule is CC(CNC(=O)c1cc(Br)ccc1O)C(N)=S. The molecule has 0 heterocycles. The van der Waals surface area contributed by atoms with Gasteiger partial charge < -0.3 is 16.2 Å². The number of hydrogen-bond acceptors (Lipinski definition) is 3. The van der Waals surface area contributed by atoms with Crippen LogP contribution in [-0.4, -0.2) is 22.5 Å². The summed E-state index contributed by atoms with van der Waals surface area (Å²) in [4.78, 5) is 12.1. The van der Waals surface area contributed by atoms with Gasteiger partial charge in [-0.15, -0.1) is 0 Å². The van der Waals surface area contributed by atoms with Crippen LogP contribution in [0.1, 0.15) is 17.3 Å². The lowest BCUT2D eigenvalue weighted by Gasteiger charge is -2.11. The average molecular weight is 317 g/mol. The molecule has 17 heavy (non-hydrogen) atoms. The Hall–Kier alpha value is -1.14. The largest absolute Gasteiger partial charge is 0.507 e. The fourth-order valence-electron chi connectivity index (χ4n) is 1.13. The maximum absolute atomic E-state index is 11.8. The Morgan fingerprint density at radius 1 is 1.65 bits per heavy atom. The molecule has 4 N–H and O–H groups in total. The van der Waals surface area contributed by atoms with E-state index in [9.17, 15) is 9.90 Å². The molecule has 0 radical (unpaired) electrons. The van der Waals surface area contributed by atoms with Gasteiger partial charge in [-0.25, -0.2) is 0 Å². The van der Waals surface area contributed by atoms with Crippen LogP contribution in [0.15, 0.2) is 22.7 Å². The average Bonchev–Trinajstić information content (AvgIpc) is 2.28. The molecule has 0 aliphatic rings. The third-order valence-electron chi connectivity index (χ3n) is 2.26. The smallest absolute Gasteiger partial charge is 0.255 e. The van der Waals surface area contributed by atoms with Crippen molar-refractivity contribution in [3.8, 4) is 5.75 Å². The number of halogens is 1. The molecule has 0 aliphatic heterocycles. The highest BCUT2D eigenvalue weighted by Gasteiger charge is 2.13. The predicted octanol–water partition coefficient (Wildman–Crippen LogP) is 1.81. The van der Waals surface area contributed by atoms with Crippen LogP contribution in [0.5, 0.6) is 5.75 Å². The van der Waals surface area contributed by atoms with Gasteiger partial charge in [0.2, 0.25) is 0 Å². The van der Waals surface area contributed by atoms with E-state index in [1.54, 1.807) is 12.1 Å². The van der Waals surface area contributed by atoms with E-state index in [1.807, 2.05) is 6.92 Å². The number of aromatic hydroxyl groups is 1. The third kappa shape index (κ3) is 3.98. The topological polar surface area (TPSA) is 75.3 Å². The van der Waals surface area contributed by atoms with Gasteiger partial charge in [0.05, 0.1) is 10.6 Å². The second-order valence-electron chi connectivity index (χ2n) is 3.67. The highest BCUT2D eigenvalue weighted by Crippen LogP contribution is 2.21. The number of nitrogens with two attached hydrogens (primary N) is 1. The minimum Gasteiger partial charge on any atom is -0.507 e. The molecule has 0 aliphatic carbocycles. The molecule has 1 rings (SSSR count). The minimum absolute atomic E-state index is 0.0614. The zero-order valence-corrected chi connectivity index (χ0v) is 11.6. The lowest BCUT2D eigenvalue weighted by atomic mass is 10.1. The lowest BCUT2D eigenvalue weighted by Crippen LogP contribution is -2.33. The molecule has 1 aromatic carbocycles. The first kappa shape index (κ1) is 13.9. The molecule has 1 aromatic rings. The van der Waals surface area contributed by atoms with Gasteiger partial charge in [-0.2, -0.15) is 0 Å². The second kappa shape index (κ2) is 5.97. The molecule has 0 bridgehead atoms. The molecule has 1 unspecified atom stereocenters. The number of phenols is 1. The predicted molar refractivity (Wildman–Crippen MR) is 74.1 cm³/mol. The van der Waals surface area contributed by atoms with Crippen molar-refractivity contribution in [1.29, 1.82) is 0 Å². The number of carbonyl (C=O) groups excluding carboxylic acids is 1. The van der Waals surface area contributed by atoms with Crippen molar-refractivity contribution >= 4 is 39.0 Å². The van der Waals surface area contributed by atoms with E-state index in [4.69, 9.17) is 18.0 Å². The third-order valence-corrected chi connectivity index (χ3v) is 3.15. The standard InChI is InChI=1S/C11H13BrN2O2S/c1-6(10(13)17)5-14-11(16)8-4-7(12)2-3-9(8)15/h2-4,6,15H,5H2,1H3,(H2,13,17)(H,14,16). The Morgan fingerprint density at radius 2 is 2.29 bits per heavy atom. The van der Waals surface area contributed by atoms with Gasteiger partial charge in [0.1, 0.15) is 5.75 Å². The van der Waals surface area contributed by atoms with E-state index in [-0.39, 0.29) is 23.1 Å². The molecule has 1 atom stereocenters. The van der Waals surface area contributed by atoms with E-state index >= 15 is 0 Å². The molecule has 0 saturated heterocycles. The van der Waals surface area contributed by atoms with Crippen LogP contribution in [-0.2, 0) is 0 Å². The molecule has 0 aromatic heterocycles. The summed E-state index contributed by atoms with van der Waals surface area (Å²) in [5.74, 6) is -0.496. The fourth-order valence-corrected chi connectivity index (χ4v) is 1.58. The summed E-state index contributed by atoms with van der Waals surface area (Å²) >= 11 is 8.04. The van der Waals surface area contributed by atoms with Crippen LogP contribution in [0.4, 0.5) is 0 Å². The summed E-state index contributed by atoms with van der Waals surface area (Å²) in [6, 6.07) is 4.66. The van der Waals surface area contributed by atoms with E-state index in [2.05, 4.69) is 21.2 Å². The van der Waals surface area contributed by atoms with Gasteiger partial charge >= 0.3 is 0 Å². The number of hydrogen-bond donors (Lipinski definition) is 3. The monoisotopic (exact) mass is 316 g/mol. The van der Waals surface area contributed by atoms with Crippen molar-refractivity contribution < 1.29 is 9.90 Å². The Labute approximate surface area is 113 Å². The molecular weight excluding hydrogens is 304 g/mol. The number of amides is 1. The van der Waals surface area contributed by atoms with Crippen LogP contribution < -0.4 is 11.1 Å². The summed E-state index contributed by atoms with van der Waals surface area (Å²) in [7, 11) is 0. The number of nitrogens with one attached hydrogen (secondary N) is 1. The lowest BCUT2D eigenvalue weighted by molar-refractivity contribution is 0.0948. The summed E-state index contributed by atoms with van der Waals surface area (Å²) in [6.07, 6.45) is 0. The quantitative estimate of drug-likeness (QED) is 0.740. The number of benzene rings is 1. The van der Waals surface area contributed by atoms with Crippen LogP contribution in [0.2, 0.25) is 0 Å². The van der Waals surface area contributed by atoms with Crippen LogP contribution >= 0.6 is 28.1 Å². The van der Waals surface area contributed by atoms with E-state index < -0.39 is 0 Å². The van der Waals surface area contributed by atoms with Gasteiger partial charge in [0.25, 0.3) is 5.91 Å². The van der Waals surface area contributed by atoms with E-state index in [1.165, 1.54) is 6.07 Å². The molecule has 4 nitrogen and oxygen atoms in total. The van der Waals surface area contributed by atoms with Crippen LogP contribution in [0.25, 0.3) is 0 Å². The van der Waals surface area contributed by atoms with Crippen molar-refractivity contribution in [2.75, 3.05) is 6.54 Å². The Kier molecular flexibility index (Phi) is 4.89. The van der Waals surface area contributed by atoms with Gasteiger partial charge in [-0.3, -0.25) is 4.79 Å². The van der Waals surface area contributed by atoms with E-state index in [0.29, 0.717) is 11.5 Å². The maximum Gasteiger partial charge on any atom is 0.255 e. The second-order valence-corrected chi connectivity index (χ2v) is 5.06. The highest BCUT2D eigenvalue weighted by molar-refractivity contribution is 9.10. The van der Waals surface area contributed by atoms with Crippen LogP contribution in [0.3, 0.4) is 0 Å². The Balaban J connectivity index is 2.70. The van der Waals surface area contributed by atoms with Crippen molar-refractivity contribution in [3.05, 3.63) is 28.2 Å². The molecule has 0 fully saturated rings. The first-order valence-corrected chi connectivity index (χ1v) is 6.18. The molecular formula is C11H13BrN2O2S. The van der Waals surface area contributed by atoms with Crippen molar-refractivity contribution in [2.45, 2.75) is 6.92 Å². The number of carbonyl (C=O) groups is 1. The molecule has 1 amide bonds. The number of rotatable bonds is 4. The Morgan fingerprint density at radius 3 is 2.88 bits per heavy atom. The summed E-state index contributed by atoms with van der Waals surface area (Å²) < 4.78 is 0.725. The summed E-state index contributed by atoms with van der Waals surface area (Å²) in [6.45, 7) is 2.17. The number of phenolic OH excluding ortho intramolecular Hbond substituents is 1. The molecule has 92 valence electrons. The van der Waals surface area contributed by atoms with Gasteiger partial charge in [-0.05, 0) is 18.2 Å². The van der Waals surface area contributed by atoms with Gasteiger partial charge in [0, 0.05) is 16.9 Å². The van der Waals surface area contributed by atoms with Crippen molar-refractivity contribution in [1.82, 2.24) is 5.32 Å². The van der Waals surface area contributed by atoms with Gasteiger partial charge in [-0.1, -0.05) is 35.1 Å². The Bertz CT molecular complexity index is 451. The molecule has 6 heteroatoms. The zero-order chi connectivity index (χ0) is 13.0. The van der Waals surface area contributed by atoms with Crippen LogP contribution in [0, 0.1) is 5.92 Å². The summed E-state index contributed by atoms with van der Waals surface area (Å²) in [5.41, 5.74) is 5.66. The van der Waals surface area contributed by atoms with Crippen molar-refractivity contribution in [2.24, 2.45) is 11.7 Å². The number of thiocarbonyl (C=S) groups is 1.